The molecule has 1 saturated heterocycles. The maximum absolute atomic E-state index is 12.3. The maximum atomic E-state index is 12.3. The van der Waals surface area contributed by atoms with E-state index in [1.165, 1.54) is 17.9 Å². The molecule has 5 aromatic rings. The first kappa shape index (κ1) is 26.2. The Morgan fingerprint density at radius 1 is 1.21 bits per heavy atom. The van der Waals surface area contributed by atoms with Crippen LogP contribution in [0.15, 0.2) is 61.2 Å². The fourth-order valence-electron chi connectivity index (χ4n) is 4.51. The molecule has 1 unspecified atom stereocenters. The molecule has 0 saturated carbocycles. The maximum Gasteiger partial charge on any atom is 0.237 e. The number of carbonyl (C=O) groups excluding carboxylic acids is 1. The molecule has 0 bridgehead atoms. The van der Waals surface area contributed by atoms with Crippen molar-refractivity contribution in [2.75, 3.05) is 18.4 Å². The van der Waals surface area contributed by atoms with E-state index in [0.29, 0.717) is 35.4 Å². The molecule has 0 spiro atoms. The number of hydrogen-bond acceptors (Lipinski definition) is 8. The highest BCUT2D eigenvalue weighted by molar-refractivity contribution is 7.13. The van der Waals surface area contributed by atoms with Crippen LogP contribution in [0.5, 0.6) is 11.5 Å². The number of carbonyl (C=O) groups is 1. The van der Waals surface area contributed by atoms with Crippen molar-refractivity contribution >= 4 is 74.1 Å². The van der Waals surface area contributed by atoms with Crippen molar-refractivity contribution in [1.82, 2.24) is 29.5 Å². The van der Waals surface area contributed by atoms with E-state index in [1.54, 1.807) is 12.3 Å². The number of anilines is 2. The van der Waals surface area contributed by atoms with Gasteiger partial charge in [-0.1, -0.05) is 17.7 Å². The number of rotatable bonds is 8. The summed E-state index contributed by atoms with van der Waals surface area (Å²) in [7, 11) is 0. The zero-order valence-electron chi connectivity index (χ0n) is 20.2. The monoisotopic (exact) mass is 569 g/mol. The molecule has 6 rings (SSSR count). The molecule has 196 valence electrons. The molecule has 38 heavy (non-hydrogen) atoms. The number of aromatic nitrogens is 4. The number of nitrogens with one attached hydrogen (secondary N) is 3. The molecule has 0 aliphatic carbocycles. The first-order chi connectivity index (χ1) is 18.2. The van der Waals surface area contributed by atoms with Crippen molar-refractivity contribution in [2.24, 2.45) is 0 Å². The summed E-state index contributed by atoms with van der Waals surface area (Å²) in [5.41, 5.74) is 2.43. The Balaban J connectivity index is 0.00000294. The molecular formula is C26H25Cl2N7O2S. The minimum Gasteiger partial charge on any atom is -0.455 e. The molecule has 9 nitrogen and oxygen atoms in total. The van der Waals surface area contributed by atoms with Crippen LogP contribution in [-0.2, 0) is 11.3 Å². The Kier molecular flexibility index (Phi) is 7.94. The van der Waals surface area contributed by atoms with Gasteiger partial charge < -0.3 is 25.3 Å². The number of benzene rings is 2. The number of amides is 1. The predicted octanol–water partition coefficient (Wildman–Crippen LogP) is 5.52. The molecular weight excluding hydrogens is 545 g/mol. The molecule has 1 atom stereocenters. The molecule has 0 radical (unpaired) electrons. The van der Waals surface area contributed by atoms with Gasteiger partial charge in [0.05, 0.1) is 32.9 Å². The lowest BCUT2D eigenvalue weighted by Crippen LogP contribution is -2.41. The van der Waals surface area contributed by atoms with E-state index in [4.69, 9.17) is 16.3 Å². The third-order valence-electron chi connectivity index (χ3n) is 6.35. The number of halogens is 2. The van der Waals surface area contributed by atoms with Gasteiger partial charge in [0.1, 0.15) is 23.3 Å². The molecule has 1 fully saturated rings. The zero-order chi connectivity index (χ0) is 25.2. The fraction of sp³-hybridized carbons (Fsp3) is 0.231. The summed E-state index contributed by atoms with van der Waals surface area (Å²) in [6, 6.07) is 13.2. The second-order valence-electron chi connectivity index (χ2n) is 8.77. The van der Waals surface area contributed by atoms with Crippen LogP contribution in [0.3, 0.4) is 0 Å². The van der Waals surface area contributed by atoms with E-state index in [2.05, 4.69) is 30.3 Å². The largest absolute Gasteiger partial charge is 0.455 e. The second kappa shape index (κ2) is 11.5. The average molecular weight is 571 g/mol. The Bertz CT molecular complexity index is 1580. The first-order valence-electron chi connectivity index (χ1n) is 12.0. The van der Waals surface area contributed by atoms with Gasteiger partial charge in [-0.15, -0.1) is 12.4 Å². The second-order valence-corrected chi connectivity index (χ2v) is 10.0. The highest BCUT2D eigenvalue weighted by atomic mass is 35.5. The zero-order valence-corrected chi connectivity index (χ0v) is 22.6. The van der Waals surface area contributed by atoms with Crippen LogP contribution in [0.2, 0.25) is 5.02 Å². The van der Waals surface area contributed by atoms with Crippen molar-refractivity contribution < 1.29 is 9.53 Å². The quantitative estimate of drug-likeness (QED) is 0.226. The van der Waals surface area contributed by atoms with Gasteiger partial charge in [0.2, 0.25) is 5.91 Å². The molecule has 1 aliphatic heterocycles. The van der Waals surface area contributed by atoms with Crippen LogP contribution in [0.4, 0.5) is 11.5 Å². The van der Waals surface area contributed by atoms with Crippen LogP contribution in [0, 0.1) is 0 Å². The fourth-order valence-corrected chi connectivity index (χ4v) is 5.40. The number of ether oxygens (including phenoxy) is 1. The third kappa shape index (κ3) is 5.39. The molecule has 12 heteroatoms. The summed E-state index contributed by atoms with van der Waals surface area (Å²) in [5, 5.41) is 11.0. The van der Waals surface area contributed by atoms with E-state index < -0.39 is 0 Å². The Hall–Kier alpha value is -3.44. The number of hydrogen-bond donors (Lipinski definition) is 3. The van der Waals surface area contributed by atoms with Crippen molar-refractivity contribution in [1.29, 1.82) is 0 Å². The number of nitrogens with zero attached hydrogens (tertiary/aromatic N) is 4. The topological polar surface area (TPSA) is 106 Å². The van der Waals surface area contributed by atoms with Gasteiger partial charge in [0.25, 0.3) is 0 Å². The molecule has 1 aliphatic rings. The van der Waals surface area contributed by atoms with Gasteiger partial charge in [-0.3, -0.25) is 4.79 Å². The molecule has 3 aromatic heterocycles. The molecule has 4 heterocycles. The van der Waals surface area contributed by atoms with E-state index in [0.717, 1.165) is 46.2 Å². The average Bonchev–Trinajstić information content (AvgIpc) is 3.67. The van der Waals surface area contributed by atoms with E-state index in [9.17, 15) is 4.79 Å². The third-order valence-corrected chi connectivity index (χ3v) is 7.41. The van der Waals surface area contributed by atoms with Crippen LogP contribution in [-0.4, -0.2) is 43.9 Å². The highest BCUT2D eigenvalue weighted by Gasteiger charge is 2.21. The minimum absolute atomic E-state index is 0. The Morgan fingerprint density at radius 3 is 2.97 bits per heavy atom. The molecule has 1 amide bonds. The number of fused-ring (bicyclic) bond motifs is 2. The molecule has 3 N–H and O–H groups in total. The van der Waals surface area contributed by atoms with Crippen LogP contribution < -0.4 is 20.7 Å². The lowest BCUT2D eigenvalue weighted by atomic mass is 10.2. The van der Waals surface area contributed by atoms with Gasteiger partial charge in [-0.2, -0.15) is 4.37 Å². The van der Waals surface area contributed by atoms with E-state index >= 15 is 0 Å². The first-order valence-corrected chi connectivity index (χ1v) is 13.2. The summed E-state index contributed by atoms with van der Waals surface area (Å²) in [6.07, 6.45) is 7.19. The van der Waals surface area contributed by atoms with Crippen molar-refractivity contribution in [3.63, 3.8) is 0 Å². The van der Waals surface area contributed by atoms with Crippen LogP contribution in [0.25, 0.3) is 21.1 Å². The van der Waals surface area contributed by atoms with Crippen molar-refractivity contribution in [3.05, 3.63) is 66.2 Å². The van der Waals surface area contributed by atoms with Gasteiger partial charge in [-0.25, -0.2) is 9.97 Å². The van der Waals surface area contributed by atoms with Gasteiger partial charge in [0.15, 0.2) is 5.82 Å². The predicted molar refractivity (Wildman–Crippen MR) is 153 cm³/mol. The summed E-state index contributed by atoms with van der Waals surface area (Å²) >= 11 is 8.01. The van der Waals surface area contributed by atoms with Gasteiger partial charge in [0, 0.05) is 25.0 Å². The minimum atomic E-state index is -0.0894. The van der Waals surface area contributed by atoms with Gasteiger partial charge >= 0.3 is 0 Å². The smallest absolute Gasteiger partial charge is 0.237 e. The van der Waals surface area contributed by atoms with Crippen LogP contribution in [0.1, 0.15) is 12.8 Å². The Morgan fingerprint density at radius 2 is 2.13 bits per heavy atom. The lowest BCUT2D eigenvalue weighted by Gasteiger charge is -2.14. The standard InChI is InChI=1S/C26H24ClN7O2S.ClH/c27-18-13-16(6-7-22(18)36-21-4-1-5-23-17(21)14-32-37-23)33-25-24-19(30-15-31-25)8-11-34(24)12-10-29-26(35)20-3-2-9-28-20;/h1,4-8,11,13-15,20,28H,2-3,9-10,12H2,(H,29,35)(H,30,31,33);1H. The van der Waals surface area contributed by atoms with Crippen molar-refractivity contribution in [2.45, 2.75) is 25.4 Å². The summed E-state index contributed by atoms with van der Waals surface area (Å²) in [6.45, 7) is 2.01. The van der Waals surface area contributed by atoms with E-state index in [-0.39, 0.29) is 24.4 Å². The van der Waals surface area contributed by atoms with Gasteiger partial charge in [-0.05, 0) is 67.3 Å². The Labute approximate surface area is 234 Å². The summed E-state index contributed by atoms with van der Waals surface area (Å²) in [5.74, 6) is 1.96. The highest BCUT2D eigenvalue weighted by Crippen LogP contribution is 2.36. The SMILES string of the molecule is Cl.O=C(NCCn1ccc2ncnc(Nc3ccc(Oc4cccc5sncc45)c(Cl)c3)c21)C1CCCN1. The summed E-state index contributed by atoms with van der Waals surface area (Å²) in [4.78, 5) is 21.2. The molecule has 2 aromatic carbocycles. The normalized spacial score (nSPS) is 14.9. The van der Waals surface area contributed by atoms with E-state index in [1.807, 2.05) is 47.2 Å². The lowest BCUT2D eigenvalue weighted by molar-refractivity contribution is -0.122. The van der Waals surface area contributed by atoms with Crippen LogP contribution >= 0.6 is 35.5 Å². The summed E-state index contributed by atoms with van der Waals surface area (Å²) < 4.78 is 13.4. The van der Waals surface area contributed by atoms with Crippen molar-refractivity contribution in [3.8, 4) is 11.5 Å².